The Morgan fingerprint density at radius 3 is 2.60 bits per heavy atom. The van der Waals surface area contributed by atoms with E-state index < -0.39 is 15.8 Å². The quantitative estimate of drug-likeness (QED) is 0.945. The van der Waals surface area contributed by atoms with Gasteiger partial charge in [-0.25, -0.2) is 17.8 Å². The molecule has 0 aliphatic carbocycles. The standard InChI is InChI=1S/C12H11ClFN3O2S/c1-7-6-15-12(8(2)16-7)17-20(18,19)11-4-3-9(14)5-10(11)13/h3-6H,1-2H3,(H,15,17). The Labute approximate surface area is 120 Å². The lowest BCUT2D eigenvalue weighted by Gasteiger charge is -2.10. The summed E-state index contributed by atoms with van der Waals surface area (Å²) >= 11 is 5.75. The largest absolute Gasteiger partial charge is 0.264 e. The van der Waals surface area contributed by atoms with Gasteiger partial charge in [0.15, 0.2) is 5.82 Å². The van der Waals surface area contributed by atoms with Crippen LogP contribution >= 0.6 is 11.6 Å². The van der Waals surface area contributed by atoms with Crippen LogP contribution < -0.4 is 4.72 Å². The third-order valence-corrected chi connectivity index (χ3v) is 4.30. The van der Waals surface area contributed by atoms with Crippen molar-refractivity contribution >= 4 is 27.4 Å². The van der Waals surface area contributed by atoms with Crippen molar-refractivity contribution < 1.29 is 12.8 Å². The SMILES string of the molecule is Cc1cnc(NS(=O)(=O)c2ccc(F)cc2Cl)c(C)n1. The fraction of sp³-hybridized carbons (Fsp3) is 0.167. The van der Waals surface area contributed by atoms with Gasteiger partial charge in [-0.15, -0.1) is 0 Å². The zero-order chi connectivity index (χ0) is 14.9. The summed E-state index contributed by atoms with van der Waals surface area (Å²) in [6.07, 6.45) is 1.44. The first kappa shape index (κ1) is 14.7. The van der Waals surface area contributed by atoms with Crippen LogP contribution in [-0.2, 0) is 10.0 Å². The molecule has 0 saturated heterocycles. The van der Waals surface area contributed by atoms with Gasteiger partial charge in [-0.05, 0) is 32.0 Å². The minimum Gasteiger partial charge on any atom is -0.262 e. The van der Waals surface area contributed by atoms with E-state index in [0.717, 1.165) is 18.2 Å². The van der Waals surface area contributed by atoms with Gasteiger partial charge >= 0.3 is 0 Å². The minimum atomic E-state index is -3.95. The number of sulfonamides is 1. The Kier molecular flexibility index (Phi) is 3.92. The molecule has 0 aliphatic heterocycles. The smallest absolute Gasteiger partial charge is 0.262 e. The van der Waals surface area contributed by atoms with E-state index >= 15 is 0 Å². The van der Waals surface area contributed by atoms with Crippen molar-refractivity contribution in [2.24, 2.45) is 0 Å². The summed E-state index contributed by atoms with van der Waals surface area (Å²) in [5.74, 6) is -0.503. The highest BCUT2D eigenvalue weighted by molar-refractivity contribution is 7.92. The number of aryl methyl sites for hydroxylation is 2. The zero-order valence-corrected chi connectivity index (χ0v) is 12.3. The molecule has 20 heavy (non-hydrogen) atoms. The second-order valence-electron chi connectivity index (χ2n) is 4.13. The molecule has 1 heterocycles. The number of halogens is 2. The summed E-state index contributed by atoms with van der Waals surface area (Å²) < 4.78 is 39.6. The molecule has 0 atom stereocenters. The van der Waals surface area contributed by atoms with Gasteiger partial charge in [0, 0.05) is 0 Å². The molecule has 0 unspecified atom stereocenters. The predicted octanol–water partition coefficient (Wildman–Crippen LogP) is 2.69. The second-order valence-corrected chi connectivity index (χ2v) is 6.18. The highest BCUT2D eigenvalue weighted by atomic mass is 35.5. The minimum absolute atomic E-state index is 0.107. The molecular formula is C12H11ClFN3O2S. The van der Waals surface area contributed by atoms with Crippen molar-refractivity contribution in [1.82, 2.24) is 9.97 Å². The molecule has 0 bridgehead atoms. The molecule has 106 valence electrons. The monoisotopic (exact) mass is 315 g/mol. The zero-order valence-electron chi connectivity index (χ0n) is 10.7. The van der Waals surface area contributed by atoms with Crippen LogP contribution in [0.3, 0.4) is 0 Å². The van der Waals surface area contributed by atoms with Crippen LogP contribution in [0.2, 0.25) is 5.02 Å². The van der Waals surface area contributed by atoms with Crippen molar-refractivity contribution in [3.63, 3.8) is 0 Å². The topological polar surface area (TPSA) is 72.0 Å². The Balaban J connectivity index is 2.41. The summed E-state index contributed by atoms with van der Waals surface area (Å²) in [7, 11) is -3.95. The van der Waals surface area contributed by atoms with Crippen molar-refractivity contribution in [2.45, 2.75) is 18.7 Å². The van der Waals surface area contributed by atoms with E-state index in [0.29, 0.717) is 11.4 Å². The number of anilines is 1. The van der Waals surface area contributed by atoms with E-state index in [1.54, 1.807) is 13.8 Å². The lowest BCUT2D eigenvalue weighted by Crippen LogP contribution is -2.16. The van der Waals surface area contributed by atoms with Crippen LogP contribution in [0.1, 0.15) is 11.4 Å². The number of aromatic nitrogens is 2. The number of rotatable bonds is 3. The fourth-order valence-corrected chi connectivity index (χ4v) is 3.17. The Morgan fingerprint density at radius 2 is 2.00 bits per heavy atom. The van der Waals surface area contributed by atoms with Gasteiger partial charge in [0.25, 0.3) is 10.0 Å². The summed E-state index contributed by atoms with van der Waals surface area (Å²) in [6, 6.07) is 3.05. The number of nitrogens with zero attached hydrogens (tertiary/aromatic N) is 2. The Hall–Kier alpha value is -1.73. The van der Waals surface area contributed by atoms with Gasteiger partial charge in [0.1, 0.15) is 10.7 Å². The molecule has 5 nitrogen and oxygen atoms in total. The maximum absolute atomic E-state index is 12.9. The van der Waals surface area contributed by atoms with Gasteiger partial charge < -0.3 is 0 Å². The van der Waals surface area contributed by atoms with Crippen LogP contribution in [0.25, 0.3) is 0 Å². The highest BCUT2D eigenvalue weighted by Crippen LogP contribution is 2.24. The fourth-order valence-electron chi connectivity index (χ4n) is 1.57. The van der Waals surface area contributed by atoms with Gasteiger partial charge in [0.05, 0.1) is 22.6 Å². The maximum atomic E-state index is 12.9. The lowest BCUT2D eigenvalue weighted by atomic mass is 10.3. The first-order valence-corrected chi connectivity index (χ1v) is 7.44. The van der Waals surface area contributed by atoms with Crippen LogP contribution in [0.4, 0.5) is 10.2 Å². The molecule has 0 fully saturated rings. The van der Waals surface area contributed by atoms with Crippen molar-refractivity contribution in [1.29, 1.82) is 0 Å². The molecule has 2 rings (SSSR count). The molecule has 0 radical (unpaired) electrons. The first-order chi connectivity index (χ1) is 9.29. The van der Waals surface area contributed by atoms with E-state index in [1.807, 2.05) is 0 Å². The van der Waals surface area contributed by atoms with E-state index in [2.05, 4.69) is 14.7 Å². The van der Waals surface area contributed by atoms with Crippen molar-refractivity contribution in [2.75, 3.05) is 4.72 Å². The van der Waals surface area contributed by atoms with Crippen molar-refractivity contribution in [3.8, 4) is 0 Å². The van der Waals surface area contributed by atoms with E-state index in [-0.39, 0.29) is 15.7 Å². The summed E-state index contributed by atoms with van der Waals surface area (Å²) in [6.45, 7) is 3.37. The van der Waals surface area contributed by atoms with Crippen molar-refractivity contribution in [3.05, 3.63) is 46.6 Å². The van der Waals surface area contributed by atoms with Gasteiger partial charge in [0.2, 0.25) is 0 Å². The van der Waals surface area contributed by atoms with Crippen LogP contribution in [0.15, 0.2) is 29.3 Å². The third kappa shape index (κ3) is 3.05. The lowest BCUT2D eigenvalue weighted by molar-refractivity contribution is 0.599. The van der Waals surface area contributed by atoms with Crippen LogP contribution in [-0.4, -0.2) is 18.4 Å². The summed E-state index contributed by atoms with van der Waals surface area (Å²) in [4.78, 5) is 7.85. The van der Waals surface area contributed by atoms with Gasteiger partial charge in [-0.1, -0.05) is 11.6 Å². The van der Waals surface area contributed by atoms with E-state index in [4.69, 9.17) is 11.6 Å². The molecule has 0 saturated carbocycles. The van der Waals surface area contributed by atoms with Gasteiger partial charge in [-0.3, -0.25) is 9.71 Å². The number of benzene rings is 1. The predicted molar refractivity (Wildman–Crippen MR) is 73.7 cm³/mol. The first-order valence-electron chi connectivity index (χ1n) is 5.58. The normalized spacial score (nSPS) is 11.4. The highest BCUT2D eigenvalue weighted by Gasteiger charge is 2.20. The molecule has 1 aromatic carbocycles. The molecular weight excluding hydrogens is 305 g/mol. The number of hydrogen-bond acceptors (Lipinski definition) is 4. The van der Waals surface area contributed by atoms with E-state index in [1.165, 1.54) is 6.20 Å². The Bertz CT molecular complexity index is 765. The van der Waals surface area contributed by atoms with Crippen LogP contribution in [0, 0.1) is 19.7 Å². The molecule has 1 N–H and O–H groups in total. The number of hydrogen-bond donors (Lipinski definition) is 1. The molecule has 8 heteroatoms. The summed E-state index contributed by atoms with van der Waals surface area (Å²) in [5, 5.41) is -0.199. The Morgan fingerprint density at radius 1 is 1.30 bits per heavy atom. The molecule has 0 spiro atoms. The van der Waals surface area contributed by atoms with Gasteiger partial charge in [-0.2, -0.15) is 0 Å². The molecule has 0 aliphatic rings. The number of nitrogens with one attached hydrogen (secondary N) is 1. The summed E-state index contributed by atoms with van der Waals surface area (Å²) in [5.41, 5.74) is 1.11. The van der Waals surface area contributed by atoms with Crippen LogP contribution in [0.5, 0.6) is 0 Å². The molecule has 1 aromatic heterocycles. The molecule has 0 amide bonds. The second kappa shape index (κ2) is 5.34. The van der Waals surface area contributed by atoms with E-state index in [9.17, 15) is 12.8 Å². The third-order valence-electron chi connectivity index (χ3n) is 2.48. The maximum Gasteiger partial charge on any atom is 0.264 e. The average Bonchev–Trinajstić information content (AvgIpc) is 2.32. The molecule has 2 aromatic rings. The average molecular weight is 316 g/mol.